The maximum atomic E-state index is 12.4. The van der Waals surface area contributed by atoms with Crippen LogP contribution in [0.25, 0.3) is 6.08 Å². The SMILES string of the molecule is CCOC(=O)C1=C(O)/C(=C/c2cc(Br)c(OCc3ccc([N+](=O)[O-])cc3)c(Br)c2)SC1=NC(=O)CC. The van der Waals surface area contributed by atoms with Crippen molar-refractivity contribution in [2.75, 3.05) is 6.61 Å². The second-order valence-corrected chi connectivity index (χ2v) is 9.98. The lowest BCUT2D eigenvalue weighted by molar-refractivity contribution is -0.384. The van der Waals surface area contributed by atoms with Crippen molar-refractivity contribution in [2.24, 2.45) is 4.99 Å². The molecule has 2 aromatic carbocycles. The summed E-state index contributed by atoms with van der Waals surface area (Å²) in [6.45, 7) is 3.58. The van der Waals surface area contributed by atoms with E-state index in [1.165, 1.54) is 12.1 Å². The molecule has 0 saturated heterocycles. The van der Waals surface area contributed by atoms with Gasteiger partial charge in [0, 0.05) is 18.6 Å². The third-order valence-corrected chi connectivity index (χ3v) is 6.95. The van der Waals surface area contributed by atoms with Crippen LogP contribution in [0.2, 0.25) is 0 Å². The number of hydrogen-bond acceptors (Lipinski definition) is 8. The number of halogens is 2. The highest BCUT2D eigenvalue weighted by atomic mass is 79.9. The summed E-state index contributed by atoms with van der Waals surface area (Å²) in [4.78, 5) is 38.9. The number of benzene rings is 2. The van der Waals surface area contributed by atoms with Crippen LogP contribution in [-0.2, 0) is 20.9 Å². The van der Waals surface area contributed by atoms with E-state index in [9.17, 15) is 24.8 Å². The van der Waals surface area contributed by atoms with Gasteiger partial charge < -0.3 is 14.6 Å². The first-order valence-electron chi connectivity index (χ1n) is 10.6. The number of hydrogen-bond donors (Lipinski definition) is 1. The second kappa shape index (κ2) is 12.3. The number of ether oxygens (including phenoxy) is 2. The summed E-state index contributed by atoms with van der Waals surface area (Å²) < 4.78 is 12.1. The van der Waals surface area contributed by atoms with Crippen LogP contribution in [0, 0.1) is 10.1 Å². The molecule has 0 aliphatic carbocycles. The Labute approximate surface area is 227 Å². The van der Waals surface area contributed by atoms with Gasteiger partial charge in [0.1, 0.15) is 28.7 Å². The van der Waals surface area contributed by atoms with Gasteiger partial charge in [0.15, 0.2) is 0 Å². The van der Waals surface area contributed by atoms with E-state index in [1.54, 1.807) is 44.2 Å². The molecule has 1 aliphatic rings. The Kier molecular flexibility index (Phi) is 9.46. The van der Waals surface area contributed by atoms with Gasteiger partial charge in [-0.25, -0.2) is 9.79 Å². The van der Waals surface area contributed by atoms with Gasteiger partial charge in [0.05, 0.1) is 25.4 Å². The molecule has 1 amide bonds. The maximum absolute atomic E-state index is 12.4. The lowest BCUT2D eigenvalue weighted by atomic mass is 10.1. The van der Waals surface area contributed by atoms with Crippen molar-refractivity contribution in [3.63, 3.8) is 0 Å². The largest absolute Gasteiger partial charge is 0.506 e. The third-order valence-electron chi connectivity index (χ3n) is 4.75. The van der Waals surface area contributed by atoms with Crippen LogP contribution in [0.3, 0.4) is 0 Å². The molecule has 1 N–H and O–H groups in total. The van der Waals surface area contributed by atoms with Crippen LogP contribution >= 0.6 is 43.6 Å². The predicted molar refractivity (Wildman–Crippen MR) is 144 cm³/mol. The van der Waals surface area contributed by atoms with E-state index in [0.29, 0.717) is 25.2 Å². The van der Waals surface area contributed by atoms with Crippen molar-refractivity contribution in [3.8, 4) is 5.75 Å². The standard InChI is InChI=1S/C24H20Br2N2O7S/c1-3-19(29)27-23-20(24(31)34-4-2)21(30)18(36-23)11-14-9-16(25)22(17(26)10-14)35-12-13-5-7-15(8-6-13)28(32)33/h5-11,30H,3-4,12H2,1-2H3/b18-11-,27-23?. The van der Waals surface area contributed by atoms with Crippen LogP contribution in [-0.4, -0.2) is 33.6 Å². The molecule has 2 aromatic rings. The minimum atomic E-state index is -0.758. The van der Waals surface area contributed by atoms with Crippen molar-refractivity contribution in [2.45, 2.75) is 26.9 Å². The number of carbonyl (C=O) groups excluding carboxylic acids is 2. The number of aliphatic hydroxyl groups is 1. The van der Waals surface area contributed by atoms with Crippen LogP contribution in [0.4, 0.5) is 5.69 Å². The monoisotopic (exact) mass is 638 g/mol. The van der Waals surface area contributed by atoms with Gasteiger partial charge >= 0.3 is 5.97 Å². The molecule has 1 aliphatic heterocycles. The van der Waals surface area contributed by atoms with Crippen molar-refractivity contribution >= 4 is 72.3 Å². The summed E-state index contributed by atoms with van der Waals surface area (Å²) >= 11 is 7.96. The maximum Gasteiger partial charge on any atom is 0.344 e. The van der Waals surface area contributed by atoms with Gasteiger partial charge in [0.2, 0.25) is 5.91 Å². The Morgan fingerprint density at radius 2 is 1.81 bits per heavy atom. The van der Waals surface area contributed by atoms with E-state index in [4.69, 9.17) is 9.47 Å². The Bertz CT molecular complexity index is 1280. The number of amides is 1. The number of esters is 1. The minimum Gasteiger partial charge on any atom is -0.506 e. The van der Waals surface area contributed by atoms with E-state index in [2.05, 4.69) is 36.9 Å². The van der Waals surface area contributed by atoms with Crippen molar-refractivity contribution in [1.82, 2.24) is 0 Å². The highest BCUT2D eigenvalue weighted by Gasteiger charge is 2.33. The van der Waals surface area contributed by atoms with E-state index in [-0.39, 0.29) is 41.7 Å². The molecule has 0 saturated carbocycles. The predicted octanol–water partition coefficient (Wildman–Crippen LogP) is 6.50. The summed E-state index contributed by atoms with van der Waals surface area (Å²) in [6, 6.07) is 9.57. The molecule has 0 fully saturated rings. The number of nitrogens with zero attached hydrogens (tertiary/aromatic N) is 2. The number of non-ortho nitro benzene ring substituents is 1. The molecule has 3 rings (SSSR count). The summed E-state index contributed by atoms with van der Waals surface area (Å²) in [5.41, 5.74) is 1.27. The van der Waals surface area contributed by atoms with Crippen molar-refractivity contribution < 1.29 is 29.1 Å². The van der Waals surface area contributed by atoms with Gasteiger partial charge in [-0.2, -0.15) is 0 Å². The molecular weight excluding hydrogens is 620 g/mol. The number of thioether (sulfide) groups is 1. The normalized spacial score (nSPS) is 15.4. The van der Waals surface area contributed by atoms with Crippen LogP contribution in [0.15, 0.2) is 66.6 Å². The average molecular weight is 640 g/mol. The van der Waals surface area contributed by atoms with E-state index in [1.807, 2.05) is 0 Å². The molecule has 9 nitrogen and oxygen atoms in total. The second-order valence-electron chi connectivity index (χ2n) is 7.24. The molecule has 12 heteroatoms. The number of aliphatic hydroxyl groups excluding tert-OH is 1. The fourth-order valence-electron chi connectivity index (χ4n) is 3.01. The molecule has 0 spiro atoms. The number of carbonyl (C=O) groups is 2. The number of rotatable bonds is 8. The van der Waals surface area contributed by atoms with Crippen LogP contribution in [0.5, 0.6) is 5.75 Å². The first-order valence-corrected chi connectivity index (χ1v) is 13.0. The number of aliphatic imine (C=N–C) groups is 1. The zero-order chi connectivity index (χ0) is 26.4. The van der Waals surface area contributed by atoms with E-state index >= 15 is 0 Å². The molecule has 188 valence electrons. The van der Waals surface area contributed by atoms with Gasteiger partial charge in [-0.3, -0.25) is 14.9 Å². The molecule has 0 aromatic heterocycles. The summed E-state index contributed by atoms with van der Waals surface area (Å²) in [5.74, 6) is -0.983. The Morgan fingerprint density at radius 3 is 2.36 bits per heavy atom. The topological polar surface area (TPSA) is 128 Å². The zero-order valence-corrected chi connectivity index (χ0v) is 23.1. The van der Waals surface area contributed by atoms with Crippen LogP contribution in [0.1, 0.15) is 31.4 Å². The minimum absolute atomic E-state index is 0.000961. The van der Waals surface area contributed by atoms with E-state index in [0.717, 1.165) is 17.3 Å². The lowest BCUT2D eigenvalue weighted by Gasteiger charge is -2.12. The fourth-order valence-corrected chi connectivity index (χ4v) is 5.49. The summed E-state index contributed by atoms with van der Waals surface area (Å²) in [6.07, 6.45) is 1.80. The van der Waals surface area contributed by atoms with Gasteiger partial charge in [-0.1, -0.05) is 18.7 Å². The smallest absolute Gasteiger partial charge is 0.344 e. The summed E-state index contributed by atoms with van der Waals surface area (Å²) in [7, 11) is 0. The Hall–Kier alpha value is -2.96. The molecule has 0 bridgehead atoms. The zero-order valence-electron chi connectivity index (χ0n) is 19.1. The molecule has 36 heavy (non-hydrogen) atoms. The average Bonchev–Trinajstić information content (AvgIpc) is 3.13. The van der Waals surface area contributed by atoms with Crippen molar-refractivity contribution in [1.29, 1.82) is 0 Å². The van der Waals surface area contributed by atoms with Crippen LogP contribution < -0.4 is 4.74 Å². The third kappa shape index (κ3) is 6.62. The molecule has 0 atom stereocenters. The first-order chi connectivity index (χ1) is 17.1. The number of nitro groups is 1. The number of nitro benzene ring substituents is 1. The highest BCUT2D eigenvalue weighted by Crippen LogP contribution is 2.41. The van der Waals surface area contributed by atoms with Gasteiger partial charge in [0.25, 0.3) is 5.69 Å². The van der Waals surface area contributed by atoms with Gasteiger partial charge in [-0.05, 0) is 80.3 Å². The van der Waals surface area contributed by atoms with Crippen molar-refractivity contribution in [3.05, 3.63) is 82.8 Å². The quantitative estimate of drug-likeness (QED) is 0.197. The fraction of sp³-hybridized carbons (Fsp3) is 0.208. The summed E-state index contributed by atoms with van der Waals surface area (Å²) in [5, 5.41) is 21.6. The molecule has 0 unspecified atom stereocenters. The van der Waals surface area contributed by atoms with E-state index < -0.39 is 16.8 Å². The lowest BCUT2D eigenvalue weighted by Crippen LogP contribution is -2.14. The Morgan fingerprint density at radius 1 is 1.17 bits per heavy atom. The first kappa shape index (κ1) is 27.6. The molecule has 0 radical (unpaired) electrons. The Balaban J connectivity index is 1.86. The molecular formula is C24H20Br2N2O7S. The van der Waals surface area contributed by atoms with Gasteiger partial charge in [-0.15, -0.1) is 0 Å². The molecule has 1 heterocycles. The highest BCUT2D eigenvalue weighted by molar-refractivity contribution is 9.11.